The summed E-state index contributed by atoms with van der Waals surface area (Å²) in [6.45, 7) is 2.34. The van der Waals surface area contributed by atoms with E-state index in [2.05, 4.69) is 27.7 Å². The lowest BCUT2D eigenvalue weighted by molar-refractivity contribution is -0.522. The van der Waals surface area contributed by atoms with Crippen molar-refractivity contribution < 1.29 is 29.0 Å². The summed E-state index contributed by atoms with van der Waals surface area (Å²) in [6.07, 6.45) is 13.6. The molecule has 222 valence electrons. The molecular formula is C31H39N6O5+. The Kier molecular flexibility index (Phi) is 8.65. The van der Waals surface area contributed by atoms with E-state index in [0.29, 0.717) is 29.6 Å². The number of aliphatic imine (C=N–C) groups is 1. The summed E-state index contributed by atoms with van der Waals surface area (Å²) in [5.74, 6) is 0.338. The smallest absolute Gasteiger partial charge is 0.326 e. The minimum atomic E-state index is -1.11. The predicted octanol–water partition coefficient (Wildman–Crippen LogP) is 1.41. The molecule has 2 aliphatic carbocycles. The van der Waals surface area contributed by atoms with Gasteiger partial charge in [0.2, 0.25) is 0 Å². The van der Waals surface area contributed by atoms with Crippen LogP contribution in [0.5, 0.6) is 5.75 Å². The Balaban J connectivity index is 1.28. The number of hydrazone groups is 1. The molecule has 0 saturated heterocycles. The number of hydrogen-bond acceptors (Lipinski definition) is 7. The minimum Gasteiger partial charge on any atom is -0.481 e. The molecule has 42 heavy (non-hydrogen) atoms. The van der Waals surface area contributed by atoms with Gasteiger partial charge in [0.15, 0.2) is 6.61 Å². The Hall–Kier alpha value is -4.54. The maximum atomic E-state index is 13.3. The van der Waals surface area contributed by atoms with Gasteiger partial charge in [-0.1, -0.05) is 37.5 Å². The van der Waals surface area contributed by atoms with Crippen LogP contribution >= 0.6 is 0 Å². The van der Waals surface area contributed by atoms with E-state index in [1.165, 1.54) is 19.3 Å². The molecule has 2 atom stereocenters. The van der Waals surface area contributed by atoms with E-state index in [1.54, 1.807) is 49.9 Å². The number of fused-ring (bicyclic) bond motifs is 1. The zero-order valence-corrected chi connectivity index (χ0v) is 24.1. The number of hydrazine groups is 1. The Labute approximate surface area is 245 Å². The van der Waals surface area contributed by atoms with Crippen LogP contribution in [0.3, 0.4) is 0 Å². The van der Waals surface area contributed by atoms with Crippen LogP contribution in [0.1, 0.15) is 56.6 Å². The van der Waals surface area contributed by atoms with Crippen LogP contribution in [-0.4, -0.2) is 64.8 Å². The van der Waals surface area contributed by atoms with Crippen LogP contribution < -0.4 is 26.3 Å². The van der Waals surface area contributed by atoms with Gasteiger partial charge in [0.05, 0.1) is 23.1 Å². The van der Waals surface area contributed by atoms with E-state index < -0.39 is 17.9 Å². The number of carboxylic acids is 1. The fourth-order valence-corrected chi connectivity index (χ4v) is 5.98. The van der Waals surface area contributed by atoms with Crippen molar-refractivity contribution in [2.24, 2.45) is 10.7 Å². The second kappa shape index (κ2) is 12.5. The van der Waals surface area contributed by atoms with Crippen LogP contribution in [0.4, 0.5) is 0 Å². The monoisotopic (exact) mass is 575 g/mol. The number of nitrogens with zero attached hydrogens (tertiary/aromatic N) is 2. The summed E-state index contributed by atoms with van der Waals surface area (Å²) in [4.78, 5) is 32.9. The van der Waals surface area contributed by atoms with Crippen LogP contribution in [0.25, 0.3) is 0 Å². The van der Waals surface area contributed by atoms with E-state index >= 15 is 0 Å². The van der Waals surface area contributed by atoms with E-state index in [-0.39, 0.29) is 18.6 Å². The number of nitrogens with one attached hydrogen (secondary N) is 3. The number of carbonyl (C=O) groups is 2. The number of furan rings is 1. The highest BCUT2D eigenvalue weighted by Gasteiger charge is 2.48. The van der Waals surface area contributed by atoms with Crippen molar-refractivity contribution in [3.05, 3.63) is 77.4 Å². The Morgan fingerprint density at radius 2 is 2.00 bits per heavy atom. The predicted molar refractivity (Wildman–Crippen MR) is 158 cm³/mol. The maximum absolute atomic E-state index is 13.3. The van der Waals surface area contributed by atoms with E-state index in [0.717, 1.165) is 35.5 Å². The van der Waals surface area contributed by atoms with Crippen LogP contribution in [0.15, 0.2) is 75.7 Å². The number of benzene rings is 1. The molecule has 0 radical (unpaired) electrons. The number of rotatable bonds is 11. The van der Waals surface area contributed by atoms with E-state index in [9.17, 15) is 14.7 Å². The number of carboxylic acid groups (broad SMARTS) is 1. The topological polar surface area (TPSA) is 156 Å². The molecule has 2 aromatic rings. The van der Waals surface area contributed by atoms with Crippen molar-refractivity contribution in [1.29, 1.82) is 0 Å². The lowest BCUT2D eigenvalue weighted by Crippen LogP contribution is -2.84. The van der Waals surface area contributed by atoms with Gasteiger partial charge in [-0.2, -0.15) is 5.10 Å². The molecular weight excluding hydrogens is 536 g/mol. The summed E-state index contributed by atoms with van der Waals surface area (Å²) in [5, 5.41) is 15.4. The van der Waals surface area contributed by atoms with Crippen molar-refractivity contribution in [1.82, 2.24) is 15.6 Å². The Morgan fingerprint density at radius 3 is 2.67 bits per heavy atom. The molecule has 1 aliphatic heterocycles. The molecule has 1 fully saturated rings. The standard InChI is InChI=1S/C31H38N6O5/c1-31-14-12-21(17-26(31)35-28(22-13-15-41-18-22)37(31)23-6-4-3-5-7-23)29(38)34-25(30(39)40)16-20-8-10-24(11-9-20)42-19-27(32)36-33-2/h8-13,15,17-18,23,25,33H,3-7,14,16,19H2,1-2H3,(H2,32,36)(H,34,38)(H,39,40)/p+1. The van der Waals surface area contributed by atoms with Crippen LogP contribution in [0.2, 0.25) is 0 Å². The molecule has 0 bridgehead atoms. The maximum Gasteiger partial charge on any atom is 0.326 e. The quantitative estimate of drug-likeness (QED) is 0.153. The number of amides is 1. The largest absolute Gasteiger partial charge is 0.481 e. The average Bonchev–Trinajstić information content (AvgIpc) is 3.62. The first-order valence-corrected chi connectivity index (χ1v) is 14.4. The molecule has 0 spiro atoms. The van der Waals surface area contributed by atoms with Crippen molar-refractivity contribution in [2.45, 2.75) is 69.5 Å². The normalized spacial score (nSPS) is 21.5. The van der Waals surface area contributed by atoms with Crippen molar-refractivity contribution >= 4 is 23.5 Å². The zero-order valence-electron chi connectivity index (χ0n) is 24.1. The highest BCUT2D eigenvalue weighted by molar-refractivity contribution is 6.03. The van der Waals surface area contributed by atoms with Gasteiger partial charge in [-0.05, 0) is 56.0 Å². The summed E-state index contributed by atoms with van der Waals surface area (Å²) in [6, 6.07) is 8.21. The molecule has 1 aromatic heterocycles. The van der Waals surface area contributed by atoms with Gasteiger partial charge in [-0.25, -0.2) is 9.79 Å². The van der Waals surface area contributed by atoms with Gasteiger partial charge in [0.1, 0.15) is 23.9 Å². The lowest BCUT2D eigenvalue weighted by atomic mass is 9.82. The summed E-state index contributed by atoms with van der Waals surface area (Å²) in [5.41, 5.74) is 11.0. The fraction of sp³-hybridized carbons (Fsp3) is 0.419. The summed E-state index contributed by atoms with van der Waals surface area (Å²) >= 11 is 0. The van der Waals surface area contributed by atoms with Gasteiger partial charge >= 0.3 is 11.8 Å². The second-order valence-electron chi connectivity index (χ2n) is 11.2. The van der Waals surface area contributed by atoms with Gasteiger partial charge in [0, 0.05) is 25.1 Å². The number of nitrogens with two attached hydrogens (primary N) is 1. The third-order valence-corrected chi connectivity index (χ3v) is 8.18. The van der Waals surface area contributed by atoms with Gasteiger partial charge < -0.3 is 24.5 Å². The molecule has 11 heteroatoms. The van der Waals surface area contributed by atoms with E-state index in [1.807, 2.05) is 12.1 Å². The number of hydrogen-bond donors (Lipinski definition) is 5. The molecule has 1 amide bonds. The molecule has 6 N–H and O–H groups in total. The van der Waals surface area contributed by atoms with Crippen molar-refractivity contribution in [3.63, 3.8) is 0 Å². The first kappa shape index (κ1) is 29.0. The highest BCUT2D eigenvalue weighted by Crippen LogP contribution is 2.44. The first-order valence-electron chi connectivity index (χ1n) is 14.4. The van der Waals surface area contributed by atoms with Crippen LogP contribution in [-0.2, 0) is 16.0 Å². The summed E-state index contributed by atoms with van der Waals surface area (Å²) in [7, 11) is 1.70. The van der Waals surface area contributed by atoms with E-state index in [4.69, 9.17) is 19.9 Å². The van der Waals surface area contributed by atoms with Gasteiger partial charge in [-0.15, -0.1) is 0 Å². The van der Waals surface area contributed by atoms with Gasteiger partial charge in [-0.3, -0.25) is 16.0 Å². The molecule has 2 heterocycles. The van der Waals surface area contributed by atoms with Crippen molar-refractivity contribution in [2.75, 3.05) is 13.7 Å². The third-order valence-electron chi connectivity index (χ3n) is 8.18. The fourth-order valence-electron chi connectivity index (χ4n) is 5.98. The SMILES string of the molecule is CN[NH+]=C(N)COc1ccc(CC(NC(=O)C2=CCC3(C)C(=C2)N=C(c2ccoc2)N3C2CCCCC2)C(=O)O)cc1. The Bertz CT molecular complexity index is 1410. The molecule has 11 nitrogen and oxygen atoms in total. The highest BCUT2D eigenvalue weighted by atomic mass is 16.5. The molecule has 3 aliphatic rings. The summed E-state index contributed by atoms with van der Waals surface area (Å²) < 4.78 is 11.0. The molecule has 2 unspecified atom stereocenters. The molecule has 1 saturated carbocycles. The van der Waals surface area contributed by atoms with Crippen LogP contribution in [0, 0.1) is 0 Å². The number of amidine groups is 2. The average molecular weight is 576 g/mol. The zero-order chi connectivity index (χ0) is 29.7. The lowest BCUT2D eigenvalue weighted by Gasteiger charge is -2.45. The number of carbonyl (C=O) groups excluding carboxylic acids is 1. The van der Waals surface area contributed by atoms with Gasteiger partial charge in [0.25, 0.3) is 5.91 Å². The molecule has 1 aromatic carbocycles. The first-order chi connectivity index (χ1) is 20.3. The Morgan fingerprint density at radius 1 is 1.24 bits per heavy atom. The second-order valence-corrected chi connectivity index (χ2v) is 11.2. The van der Waals surface area contributed by atoms with Crippen molar-refractivity contribution in [3.8, 4) is 5.75 Å². The molecule has 5 rings (SSSR count). The number of aliphatic carboxylic acids is 1. The minimum absolute atomic E-state index is 0.122. The number of ether oxygens (including phenoxy) is 1. The third kappa shape index (κ3) is 6.19.